The van der Waals surface area contributed by atoms with E-state index in [0.717, 1.165) is 18.4 Å². The summed E-state index contributed by atoms with van der Waals surface area (Å²) in [6.45, 7) is 7.10. The number of nitrogens with one attached hydrogen (secondary N) is 1. The molecule has 1 N–H and O–H groups in total. The second kappa shape index (κ2) is 10.2. The molecule has 0 aliphatic heterocycles. The second-order valence-corrected chi connectivity index (χ2v) is 7.63. The average Bonchev–Trinajstić information content (AvgIpc) is 3.00. The van der Waals surface area contributed by atoms with Crippen molar-refractivity contribution < 1.29 is 4.79 Å². The van der Waals surface area contributed by atoms with E-state index in [9.17, 15) is 4.79 Å². The van der Waals surface area contributed by atoms with Crippen LogP contribution in [0.1, 0.15) is 45.6 Å². The molecule has 0 aliphatic carbocycles. The molecule has 0 saturated heterocycles. The van der Waals surface area contributed by atoms with Crippen molar-refractivity contribution in [2.75, 3.05) is 5.75 Å². The van der Waals surface area contributed by atoms with Gasteiger partial charge in [0.05, 0.1) is 12.3 Å². The lowest BCUT2D eigenvalue weighted by atomic mass is 10.0. The Morgan fingerprint density at radius 1 is 1.20 bits per heavy atom. The number of carbonyl (C=O) groups is 1. The molecule has 0 aliphatic rings. The molecule has 1 amide bonds. The molecule has 0 spiro atoms. The molecule has 0 radical (unpaired) electrons. The molecule has 0 fully saturated rings. The number of amides is 1. The van der Waals surface area contributed by atoms with E-state index >= 15 is 0 Å². The first-order valence-electron chi connectivity index (χ1n) is 8.77. The van der Waals surface area contributed by atoms with Gasteiger partial charge in [-0.1, -0.05) is 68.8 Å². The number of hydrogen-bond acceptors (Lipinski definition) is 5. The summed E-state index contributed by atoms with van der Waals surface area (Å²) < 4.78 is 1.72. The minimum atomic E-state index is 0.0244. The Morgan fingerprint density at radius 3 is 2.68 bits per heavy atom. The largest absolute Gasteiger partial charge is 0.353 e. The quantitative estimate of drug-likeness (QED) is 0.658. The van der Waals surface area contributed by atoms with E-state index in [0.29, 0.717) is 23.4 Å². The van der Waals surface area contributed by atoms with Crippen LogP contribution < -0.4 is 5.32 Å². The maximum absolute atomic E-state index is 12.1. The van der Waals surface area contributed by atoms with Crippen LogP contribution in [0.3, 0.4) is 0 Å². The Kier molecular flexibility index (Phi) is 7.91. The van der Waals surface area contributed by atoms with Gasteiger partial charge in [-0.25, -0.2) is 4.68 Å². The number of nitrogens with zero attached hydrogens (tertiary/aromatic N) is 4. The number of aromatic nitrogens is 4. The fourth-order valence-corrected chi connectivity index (χ4v) is 3.19. The van der Waals surface area contributed by atoms with Crippen LogP contribution in [-0.2, 0) is 11.3 Å². The third-order valence-electron chi connectivity index (χ3n) is 3.83. The lowest BCUT2D eigenvalue weighted by Gasteiger charge is -2.14. The molecule has 1 heterocycles. The van der Waals surface area contributed by atoms with Gasteiger partial charge in [-0.2, -0.15) is 0 Å². The Hall–Kier alpha value is -1.89. The van der Waals surface area contributed by atoms with Crippen molar-refractivity contribution in [3.05, 3.63) is 35.9 Å². The maximum Gasteiger partial charge on any atom is 0.230 e. The van der Waals surface area contributed by atoms with Crippen molar-refractivity contribution in [2.24, 2.45) is 5.92 Å². The van der Waals surface area contributed by atoms with Crippen molar-refractivity contribution in [2.45, 2.75) is 57.8 Å². The van der Waals surface area contributed by atoms with E-state index in [1.165, 1.54) is 18.2 Å². The van der Waals surface area contributed by atoms with Gasteiger partial charge in [0.25, 0.3) is 0 Å². The number of rotatable bonds is 10. The Bertz CT molecular complexity index is 644. The lowest BCUT2D eigenvalue weighted by molar-refractivity contribution is -0.119. The third-order valence-corrected chi connectivity index (χ3v) is 4.79. The average molecular weight is 362 g/mol. The summed E-state index contributed by atoms with van der Waals surface area (Å²) >= 11 is 1.37. The van der Waals surface area contributed by atoms with E-state index in [1.807, 2.05) is 30.3 Å². The molecule has 25 heavy (non-hydrogen) atoms. The summed E-state index contributed by atoms with van der Waals surface area (Å²) in [7, 11) is 0. The highest BCUT2D eigenvalue weighted by Gasteiger charge is 2.12. The van der Waals surface area contributed by atoms with Gasteiger partial charge >= 0.3 is 0 Å². The van der Waals surface area contributed by atoms with E-state index in [1.54, 1.807) is 4.68 Å². The summed E-state index contributed by atoms with van der Waals surface area (Å²) in [6.07, 6.45) is 3.35. The van der Waals surface area contributed by atoms with E-state index < -0.39 is 0 Å². The molecule has 2 rings (SSSR count). The Labute approximate surface area is 153 Å². The molecule has 1 unspecified atom stereocenters. The Balaban J connectivity index is 1.76. The predicted molar refractivity (Wildman–Crippen MR) is 100 cm³/mol. The standard InChI is InChI=1S/C18H27N5OS/c1-14(2)8-7-9-15(3)19-17(24)13-25-18-20-21-22-23(18)12-16-10-5-4-6-11-16/h4-6,10-11,14-15H,7-9,12-13H2,1-3H3,(H,19,24). The van der Waals surface area contributed by atoms with Crippen molar-refractivity contribution in [1.29, 1.82) is 0 Å². The summed E-state index contributed by atoms with van der Waals surface area (Å²) in [5.41, 5.74) is 1.12. The molecule has 1 aromatic carbocycles. The first kappa shape index (κ1) is 19.4. The van der Waals surface area contributed by atoms with Crippen molar-refractivity contribution in [1.82, 2.24) is 25.5 Å². The molecule has 0 bridgehead atoms. The van der Waals surface area contributed by atoms with E-state index in [-0.39, 0.29) is 11.9 Å². The summed E-state index contributed by atoms with van der Waals surface area (Å²) in [6, 6.07) is 10.2. The number of carbonyl (C=O) groups excluding carboxylic acids is 1. The summed E-state index contributed by atoms with van der Waals surface area (Å²) in [5.74, 6) is 1.06. The molecular weight excluding hydrogens is 334 g/mol. The zero-order valence-corrected chi connectivity index (χ0v) is 16.0. The van der Waals surface area contributed by atoms with Gasteiger partial charge in [0.15, 0.2) is 0 Å². The van der Waals surface area contributed by atoms with Gasteiger partial charge in [-0.3, -0.25) is 4.79 Å². The van der Waals surface area contributed by atoms with Gasteiger partial charge in [0.2, 0.25) is 11.1 Å². The van der Waals surface area contributed by atoms with Gasteiger partial charge in [0, 0.05) is 6.04 Å². The highest BCUT2D eigenvalue weighted by molar-refractivity contribution is 7.99. The fourth-order valence-electron chi connectivity index (χ4n) is 2.51. The Morgan fingerprint density at radius 2 is 1.96 bits per heavy atom. The van der Waals surface area contributed by atoms with Crippen LogP contribution in [-0.4, -0.2) is 37.9 Å². The molecule has 6 nitrogen and oxygen atoms in total. The summed E-state index contributed by atoms with van der Waals surface area (Å²) in [4.78, 5) is 12.1. The van der Waals surface area contributed by atoms with Crippen LogP contribution >= 0.6 is 11.8 Å². The smallest absolute Gasteiger partial charge is 0.230 e. The normalized spacial score (nSPS) is 12.3. The van der Waals surface area contributed by atoms with Crippen LogP contribution in [0.25, 0.3) is 0 Å². The number of thioether (sulfide) groups is 1. The van der Waals surface area contributed by atoms with Crippen LogP contribution in [0.4, 0.5) is 0 Å². The number of tetrazole rings is 1. The first-order valence-corrected chi connectivity index (χ1v) is 9.75. The third kappa shape index (κ3) is 7.25. The van der Waals surface area contributed by atoms with Gasteiger partial charge in [-0.15, -0.1) is 5.10 Å². The number of benzene rings is 1. The topological polar surface area (TPSA) is 72.7 Å². The molecule has 2 aromatic rings. The van der Waals surface area contributed by atoms with Crippen molar-refractivity contribution in [3.63, 3.8) is 0 Å². The summed E-state index contributed by atoms with van der Waals surface area (Å²) in [5, 5.41) is 15.5. The minimum absolute atomic E-state index is 0.0244. The van der Waals surface area contributed by atoms with Gasteiger partial charge < -0.3 is 5.32 Å². The SMILES string of the molecule is CC(C)CCCC(C)NC(=O)CSc1nnnn1Cc1ccccc1. The van der Waals surface area contributed by atoms with Gasteiger partial charge in [-0.05, 0) is 35.3 Å². The molecule has 1 aromatic heterocycles. The second-order valence-electron chi connectivity index (χ2n) is 6.69. The first-order chi connectivity index (χ1) is 12.0. The molecule has 7 heteroatoms. The zero-order chi connectivity index (χ0) is 18.1. The molecule has 1 atom stereocenters. The van der Waals surface area contributed by atoms with Crippen LogP contribution in [0.5, 0.6) is 0 Å². The van der Waals surface area contributed by atoms with Crippen LogP contribution in [0.15, 0.2) is 35.5 Å². The molecule has 136 valence electrons. The molecular formula is C18H27N5OS. The van der Waals surface area contributed by atoms with Crippen LogP contribution in [0, 0.1) is 5.92 Å². The van der Waals surface area contributed by atoms with E-state index in [4.69, 9.17) is 0 Å². The minimum Gasteiger partial charge on any atom is -0.353 e. The highest BCUT2D eigenvalue weighted by Crippen LogP contribution is 2.15. The van der Waals surface area contributed by atoms with Crippen molar-refractivity contribution >= 4 is 17.7 Å². The van der Waals surface area contributed by atoms with E-state index in [2.05, 4.69) is 41.6 Å². The lowest BCUT2D eigenvalue weighted by Crippen LogP contribution is -2.33. The van der Waals surface area contributed by atoms with Crippen LogP contribution in [0.2, 0.25) is 0 Å². The van der Waals surface area contributed by atoms with Gasteiger partial charge in [0.1, 0.15) is 0 Å². The maximum atomic E-state index is 12.1. The van der Waals surface area contributed by atoms with Crippen molar-refractivity contribution in [3.8, 4) is 0 Å². The number of hydrogen-bond donors (Lipinski definition) is 1. The fraction of sp³-hybridized carbons (Fsp3) is 0.556. The zero-order valence-electron chi connectivity index (χ0n) is 15.2. The monoisotopic (exact) mass is 361 g/mol. The highest BCUT2D eigenvalue weighted by atomic mass is 32.2. The predicted octanol–water partition coefficient (Wildman–Crippen LogP) is 3.14. The molecule has 0 saturated carbocycles.